The number of hydrogen-bond acceptors (Lipinski definition) is 5. The molecule has 27 heavy (non-hydrogen) atoms. The van der Waals surface area contributed by atoms with Gasteiger partial charge in [-0.15, -0.1) is 0 Å². The van der Waals surface area contributed by atoms with Crippen LogP contribution in [0.4, 0.5) is 16.2 Å². The minimum absolute atomic E-state index is 0.238. The van der Waals surface area contributed by atoms with Crippen LogP contribution in [0.3, 0.4) is 0 Å². The molecule has 0 spiro atoms. The van der Waals surface area contributed by atoms with Gasteiger partial charge in [0.15, 0.2) is 5.65 Å². The summed E-state index contributed by atoms with van der Waals surface area (Å²) in [5.41, 5.74) is 3.10. The standard InChI is InChI=1S/C19H19N5O3/c1-12(2)24-11-21-16-8-13(10-20-17(16)24)18(25)22-14-4-3-5-15(9-14)23-6-7-27-19(23)26/h3-5,8-12H,6-7H2,1-2H3,(H,22,25). The summed E-state index contributed by atoms with van der Waals surface area (Å²) in [5.74, 6) is -0.287. The number of pyridine rings is 1. The molecule has 4 rings (SSSR count). The number of benzene rings is 1. The third-order valence-corrected chi connectivity index (χ3v) is 4.41. The number of cyclic esters (lactones) is 1. The van der Waals surface area contributed by atoms with E-state index in [4.69, 9.17) is 4.74 Å². The normalized spacial score (nSPS) is 14.0. The van der Waals surface area contributed by atoms with Crippen molar-refractivity contribution >= 4 is 34.5 Å². The zero-order chi connectivity index (χ0) is 19.0. The van der Waals surface area contributed by atoms with Crippen molar-refractivity contribution in [1.29, 1.82) is 0 Å². The SMILES string of the molecule is CC(C)n1cnc2cc(C(=O)Nc3cccc(N4CCOC4=O)c3)cnc21. The van der Waals surface area contributed by atoms with Crippen LogP contribution >= 0.6 is 0 Å². The van der Waals surface area contributed by atoms with Gasteiger partial charge in [0.1, 0.15) is 12.1 Å². The molecule has 1 N–H and O–H groups in total. The minimum atomic E-state index is -0.381. The summed E-state index contributed by atoms with van der Waals surface area (Å²) < 4.78 is 6.91. The zero-order valence-corrected chi connectivity index (χ0v) is 15.0. The van der Waals surface area contributed by atoms with Crippen LogP contribution in [0, 0.1) is 0 Å². The Labute approximate surface area is 155 Å². The molecule has 0 aliphatic carbocycles. The lowest BCUT2D eigenvalue weighted by Gasteiger charge is -2.14. The number of nitrogens with one attached hydrogen (secondary N) is 1. The Morgan fingerprint density at radius 1 is 1.26 bits per heavy atom. The van der Waals surface area contributed by atoms with Crippen molar-refractivity contribution in [3.63, 3.8) is 0 Å². The molecule has 1 aliphatic rings. The minimum Gasteiger partial charge on any atom is -0.447 e. The fraction of sp³-hybridized carbons (Fsp3) is 0.263. The van der Waals surface area contributed by atoms with E-state index in [0.717, 1.165) is 5.65 Å². The van der Waals surface area contributed by atoms with Gasteiger partial charge in [-0.05, 0) is 38.1 Å². The van der Waals surface area contributed by atoms with E-state index in [-0.39, 0.29) is 18.0 Å². The highest BCUT2D eigenvalue weighted by Crippen LogP contribution is 2.23. The lowest BCUT2D eigenvalue weighted by molar-refractivity contribution is 0.102. The van der Waals surface area contributed by atoms with E-state index in [9.17, 15) is 9.59 Å². The van der Waals surface area contributed by atoms with Crippen molar-refractivity contribution in [2.24, 2.45) is 0 Å². The largest absolute Gasteiger partial charge is 0.447 e. The van der Waals surface area contributed by atoms with Crippen LogP contribution in [0.2, 0.25) is 0 Å². The highest BCUT2D eigenvalue weighted by atomic mass is 16.6. The van der Waals surface area contributed by atoms with Crippen LogP contribution in [0.5, 0.6) is 0 Å². The summed E-state index contributed by atoms with van der Waals surface area (Å²) in [6, 6.07) is 9.04. The van der Waals surface area contributed by atoms with E-state index in [1.165, 1.54) is 4.90 Å². The molecule has 8 heteroatoms. The molecule has 0 atom stereocenters. The lowest BCUT2D eigenvalue weighted by Crippen LogP contribution is -2.23. The van der Waals surface area contributed by atoms with Gasteiger partial charge in [-0.25, -0.2) is 14.8 Å². The van der Waals surface area contributed by atoms with Crippen LogP contribution in [-0.4, -0.2) is 39.7 Å². The first-order chi connectivity index (χ1) is 13.0. The Morgan fingerprint density at radius 2 is 2.11 bits per heavy atom. The van der Waals surface area contributed by atoms with Gasteiger partial charge in [-0.1, -0.05) is 6.07 Å². The summed E-state index contributed by atoms with van der Waals surface area (Å²) in [7, 11) is 0. The van der Waals surface area contributed by atoms with Crippen molar-refractivity contribution in [1.82, 2.24) is 14.5 Å². The molecule has 0 unspecified atom stereocenters. The summed E-state index contributed by atoms with van der Waals surface area (Å²) in [4.78, 5) is 34.6. The van der Waals surface area contributed by atoms with Crippen molar-refractivity contribution in [2.75, 3.05) is 23.4 Å². The van der Waals surface area contributed by atoms with E-state index in [0.29, 0.717) is 35.6 Å². The summed E-state index contributed by atoms with van der Waals surface area (Å²) in [6.07, 6.45) is 2.89. The number of hydrogen-bond donors (Lipinski definition) is 1. The fourth-order valence-corrected chi connectivity index (χ4v) is 3.00. The number of rotatable bonds is 4. The number of fused-ring (bicyclic) bond motifs is 1. The molecule has 8 nitrogen and oxygen atoms in total. The number of carbonyl (C=O) groups is 2. The monoisotopic (exact) mass is 365 g/mol. The molecular weight excluding hydrogens is 346 g/mol. The summed E-state index contributed by atoms with van der Waals surface area (Å²) in [5, 5.41) is 2.84. The Hall–Kier alpha value is -3.42. The van der Waals surface area contributed by atoms with E-state index in [1.807, 2.05) is 18.4 Å². The quantitative estimate of drug-likeness (QED) is 0.767. The Morgan fingerprint density at radius 3 is 2.85 bits per heavy atom. The van der Waals surface area contributed by atoms with Crippen LogP contribution in [0.1, 0.15) is 30.2 Å². The molecule has 0 bridgehead atoms. The average molecular weight is 365 g/mol. The predicted octanol–water partition coefficient (Wildman–Crippen LogP) is 3.22. The average Bonchev–Trinajstić information content (AvgIpc) is 3.27. The second-order valence-electron chi connectivity index (χ2n) is 6.58. The van der Waals surface area contributed by atoms with Gasteiger partial charge in [0.05, 0.1) is 18.4 Å². The number of aromatic nitrogens is 3. The highest BCUT2D eigenvalue weighted by molar-refractivity contribution is 6.05. The summed E-state index contributed by atoms with van der Waals surface area (Å²) in [6.45, 7) is 4.96. The van der Waals surface area contributed by atoms with E-state index in [1.54, 1.807) is 42.9 Å². The van der Waals surface area contributed by atoms with E-state index >= 15 is 0 Å². The number of anilines is 2. The molecule has 3 heterocycles. The Kier molecular flexibility index (Phi) is 4.23. The second kappa shape index (κ2) is 6.71. The predicted molar refractivity (Wildman–Crippen MR) is 101 cm³/mol. The molecule has 1 fully saturated rings. The summed E-state index contributed by atoms with van der Waals surface area (Å²) >= 11 is 0. The molecule has 0 radical (unpaired) electrons. The van der Waals surface area contributed by atoms with Gasteiger partial charge in [0, 0.05) is 23.6 Å². The van der Waals surface area contributed by atoms with Crippen LogP contribution in [0.15, 0.2) is 42.9 Å². The molecule has 2 aromatic heterocycles. The topological polar surface area (TPSA) is 89.4 Å². The van der Waals surface area contributed by atoms with Gasteiger partial charge in [0.2, 0.25) is 0 Å². The maximum Gasteiger partial charge on any atom is 0.414 e. The van der Waals surface area contributed by atoms with Crippen molar-refractivity contribution in [3.8, 4) is 0 Å². The van der Waals surface area contributed by atoms with Crippen molar-refractivity contribution in [2.45, 2.75) is 19.9 Å². The van der Waals surface area contributed by atoms with Crippen LogP contribution < -0.4 is 10.2 Å². The Balaban J connectivity index is 1.55. The number of nitrogens with zero attached hydrogens (tertiary/aromatic N) is 4. The van der Waals surface area contributed by atoms with Gasteiger partial charge in [0.25, 0.3) is 5.91 Å². The molecular formula is C19H19N5O3. The molecule has 1 saturated heterocycles. The van der Waals surface area contributed by atoms with Gasteiger partial charge >= 0.3 is 6.09 Å². The Bertz CT molecular complexity index is 1030. The molecule has 138 valence electrons. The number of carbonyl (C=O) groups excluding carboxylic acids is 2. The number of ether oxygens (including phenoxy) is 1. The van der Waals surface area contributed by atoms with Crippen LogP contribution in [0.25, 0.3) is 11.2 Å². The first-order valence-electron chi connectivity index (χ1n) is 8.71. The number of imidazole rings is 1. The first-order valence-corrected chi connectivity index (χ1v) is 8.71. The van der Waals surface area contributed by atoms with Gasteiger partial charge in [-0.2, -0.15) is 0 Å². The fourth-order valence-electron chi connectivity index (χ4n) is 3.00. The highest BCUT2D eigenvalue weighted by Gasteiger charge is 2.23. The third-order valence-electron chi connectivity index (χ3n) is 4.41. The zero-order valence-electron chi connectivity index (χ0n) is 15.0. The van der Waals surface area contributed by atoms with Gasteiger partial charge < -0.3 is 14.6 Å². The first kappa shape index (κ1) is 17.0. The molecule has 1 aromatic carbocycles. The number of amides is 2. The lowest BCUT2D eigenvalue weighted by atomic mass is 10.2. The second-order valence-corrected chi connectivity index (χ2v) is 6.58. The molecule has 1 aliphatic heterocycles. The maximum atomic E-state index is 12.6. The molecule has 2 amide bonds. The molecule has 0 saturated carbocycles. The third kappa shape index (κ3) is 3.21. The van der Waals surface area contributed by atoms with Crippen LogP contribution in [-0.2, 0) is 4.74 Å². The van der Waals surface area contributed by atoms with E-state index in [2.05, 4.69) is 15.3 Å². The van der Waals surface area contributed by atoms with E-state index < -0.39 is 0 Å². The maximum absolute atomic E-state index is 12.6. The van der Waals surface area contributed by atoms with Gasteiger partial charge in [-0.3, -0.25) is 9.69 Å². The van der Waals surface area contributed by atoms with Crippen molar-refractivity contribution in [3.05, 3.63) is 48.4 Å². The smallest absolute Gasteiger partial charge is 0.414 e. The van der Waals surface area contributed by atoms with Crippen molar-refractivity contribution < 1.29 is 14.3 Å². The molecule has 3 aromatic rings.